The molecule has 3 heteroatoms. The molecule has 0 saturated carbocycles. The van der Waals surface area contributed by atoms with Crippen LogP contribution in [0.2, 0.25) is 0 Å². The number of benzene rings is 2. The number of aliphatic hydroxyl groups is 1. The smallest absolute Gasteiger partial charge is 0.224 e. The van der Waals surface area contributed by atoms with Gasteiger partial charge < -0.3 is 10.4 Å². The quantitative estimate of drug-likeness (QED) is 0.848. The molecule has 2 rings (SSSR count). The van der Waals surface area contributed by atoms with Crippen LogP contribution in [-0.4, -0.2) is 23.7 Å². The lowest BCUT2D eigenvalue weighted by Crippen LogP contribution is -2.33. The summed E-state index contributed by atoms with van der Waals surface area (Å²) in [4.78, 5) is 12.1. The van der Waals surface area contributed by atoms with E-state index in [1.54, 1.807) is 0 Å². The summed E-state index contributed by atoms with van der Waals surface area (Å²) in [6.45, 7) is 2.14. The zero-order valence-corrected chi connectivity index (χ0v) is 11.8. The summed E-state index contributed by atoms with van der Waals surface area (Å²) < 4.78 is 0. The van der Waals surface area contributed by atoms with Crippen molar-refractivity contribution in [3.8, 4) is 0 Å². The second-order valence-electron chi connectivity index (χ2n) is 5.15. The third-order valence-electron chi connectivity index (χ3n) is 3.43. The Bertz CT molecular complexity index is 575. The summed E-state index contributed by atoms with van der Waals surface area (Å²) in [7, 11) is 0. The minimum Gasteiger partial charge on any atom is -0.396 e. The number of rotatable bonds is 6. The van der Waals surface area contributed by atoms with Crippen molar-refractivity contribution in [1.82, 2.24) is 5.32 Å². The molecule has 0 fully saturated rings. The second-order valence-corrected chi connectivity index (χ2v) is 5.15. The third-order valence-corrected chi connectivity index (χ3v) is 3.43. The highest BCUT2D eigenvalue weighted by Crippen LogP contribution is 2.18. The largest absolute Gasteiger partial charge is 0.396 e. The topological polar surface area (TPSA) is 49.3 Å². The fourth-order valence-corrected chi connectivity index (χ4v) is 2.42. The molecule has 20 heavy (non-hydrogen) atoms. The van der Waals surface area contributed by atoms with Crippen LogP contribution in [0.3, 0.4) is 0 Å². The maximum absolute atomic E-state index is 12.1. The minimum atomic E-state index is 0.0341. The summed E-state index contributed by atoms with van der Waals surface area (Å²) in [6.07, 6.45) is 1.91. The summed E-state index contributed by atoms with van der Waals surface area (Å²) >= 11 is 0. The molecule has 0 saturated heterocycles. The Morgan fingerprint density at radius 3 is 2.75 bits per heavy atom. The molecule has 2 aromatic carbocycles. The minimum absolute atomic E-state index is 0.0341. The summed E-state index contributed by atoms with van der Waals surface area (Å²) in [6, 6.07) is 14.2. The Kier molecular flexibility index (Phi) is 5.13. The molecule has 0 bridgehead atoms. The van der Waals surface area contributed by atoms with Crippen LogP contribution in [0.15, 0.2) is 42.5 Å². The first kappa shape index (κ1) is 14.5. The highest BCUT2D eigenvalue weighted by Gasteiger charge is 2.09. The van der Waals surface area contributed by atoms with E-state index in [9.17, 15) is 4.79 Å². The first-order valence-corrected chi connectivity index (χ1v) is 7.07. The van der Waals surface area contributed by atoms with Crippen LogP contribution in [-0.2, 0) is 11.2 Å². The number of nitrogens with one attached hydrogen (secondary N) is 1. The van der Waals surface area contributed by atoms with Gasteiger partial charge in [0.2, 0.25) is 5.91 Å². The monoisotopic (exact) mass is 271 g/mol. The van der Waals surface area contributed by atoms with Gasteiger partial charge in [-0.1, -0.05) is 42.5 Å². The van der Waals surface area contributed by atoms with Gasteiger partial charge in [-0.05, 0) is 36.1 Å². The Hall–Kier alpha value is -1.87. The lowest BCUT2D eigenvalue weighted by Gasteiger charge is -2.14. The normalized spacial score (nSPS) is 12.3. The Morgan fingerprint density at radius 1 is 1.20 bits per heavy atom. The summed E-state index contributed by atoms with van der Waals surface area (Å²) in [5.41, 5.74) is 1.05. The van der Waals surface area contributed by atoms with E-state index in [4.69, 9.17) is 5.11 Å². The van der Waals surface area contributed by atoms with Gasteiger partial charge in [0.05, 0.1) is 6.42 Å². The maximum atomic E-state index is 12.1. The molecule has 0 heterocycles. The van der Waals surface area contributed by atoms with Gasteiger partial charge in [0, 0.05) is 12.6 Å². The predicted octanol–water partition coefficient (Wildman–Crippen LogP) is 2.66. The van der Waals surface area contributed by atoms with Crippen LogP contribution in [0, 0.1) is 0 Å². The molecule has 0 spiro atoms. The van der Waals surface area contributed by atoms with E-state index in [0.717, 1.165) is 29.2 Å². The molecule has 3 nitrogen and oxygen atoms in total. The van der Waals surface area contributed by atoms with Crippen molar-refractivity contribution < 1.29 is 9.90 Å². The van der Waals surface area contributed by atoms with Crippen molar-refractivity contribution in [2.75, 3.05) is 6.61 Å². The number of carbonyl (C=O) groups excluding carboxylic acids is 1. The summed E-state index contributed by atoms with van der Waals surface area (Å²) in [5, 5.41) is 14.1. The summed E-state index contributed by atoms with van der Waals surface area (Å²) in [5.74, 6) is 0.0341. The van der Waals surface area contributed by atoms with Gasteiger partial charge in [0.1, 0.15) is 0 Å². The number of fused-ring (bicyclic) bond motifs is 1. The molecule has 0 aliphatic heterocycles. The van der Waals surface area contributed by atoms with Crippen LogP contribution in [0.4, 0.5) is 0 Å². The zero-order valence-electron chi connectivity index (χ0n) is 11.8. The first-order chi connectivity index (χ1) is 9.70. The van der Waals surface area contributed by atoms with Gasteiger partial charge in [-0.25, -0.2) is 0 Å². The number of hydrogen-bond acceptors (Lipinski definition) is 2. The molecular weight excluding hydrogens is 250 g/mol. The van der Waals surface area contributed by atoms with Crippen molar-refractivity contribution in [3.05, 3.63) is 48.0 Å². The van der Waals surface area contributed by atoms with Crippen LogP contribution in [0.5, 0.6) is 0 Å². The lowest BCUT2D eigenvalue weighted by atomic mass is 10.0. The Balaban J connectivity index is 2.03. The van der Waals surface area contributed by atoms with Gasteiger partial charge in [0.25, 0.3) is 0 Å². The highest BCUT2D eigenvalue weighted by atomic mass is 16.2. The molecule has 0 aromatic heterocycles. The fourth-order valence-electron chi connectivity index (χ4n) is 2.42. The van der Waals surface area contributed by atoms with E-state index in [0.29, 0.717) is 6.42 Å². The lowest BCUT2D eigenvalue weighted by molar-refractivity contribution is -0.121. The average molecular weight is 271 g/mol. The Labute approximate surface area is 119 Å². The van der Waals surface area contributed by atoms with E-state index in [2.05, 4.69) is 17.4 Å². The highest BCUT2D eigenvalue weighted by molar-refractivity contribution is 5.90. The molecule has 1 unspecified atom stereocenters. The fraction of sp³-hybridized carbons (Fsp3) is 0.353. The molecule has 2 aromatic rings. The number of carbonyl (C=O) groups is 1. The van der Waals surface area contributed by atoms with Crippen LogP contribution in [0.25, 0.3) is 10.8 Å². The number of hydrogen-bond donors (Lipinski definition) is 2. The number of aliphatic hydroxyl groups excluding tert-OH is 1. The molecule has 106 valence electrons. The SMILES string of the molecule is CC(CCCO)NC(=O)Cc1cccc2ccccc12. The van der Waals surface area contributed by atoms with Gasteiger partial charge in [-0.15, -0.1) is 0 Å². The zero-order chi connectivity index (χ0) is 14.4. The standard InChI is InChI=1S/C17H21NO2/c1-13(6-5-11-19)18-17(20)12-15-9-4-8-14-7-2-3-10-16(14)15/h2-4,7-10,13,19H,5-6,11-12H2,1H3,(H,18,20). The van der Waals surface area contributed by atoms with Gasteiger partial charge in [-0.3, -0.25) is 4.79 Å². The van der Waals surface area contributed by atoms with Gasteiger partial charge >= 0.3 is 0 Å². The van der Waals surface area contributed by atoms with Crippen molar-refractivity contribution in [2.45, 2.75) is 32.2 Å². The maximum Gasteiger partial charge on any atom is 0.224 e. The van der Waals surface area contributed by atoms with Crippen molar-refractivity contribution in [1.29, 1.82) is 0 Å². The Morgan fingerprint density at radius 2 is 1.95 bits per heavy atom. The van der Waals surface area contributed by atoms with E-state index >= 15 is 0 Å². The van der Waals surface area contributed by atoms with Gasteiger partial charge in [-0.2, -0.15) is 0 Å². The molecule has 0 aliphatic carbocycles. The van der Waals surface area contributed by atoms with Gasteiger partial charge in [0.15, 0.2) is 0 Å². The van der Waals surface area contributed by atoms with E-state index in [1.807, 2.05) is 37.3 Å². The second kappa shape index (κ2) is 7.06. The molecule has 0 aliphatic rings. The molecule has 0 radical (unpaired) electrons. The van der Waals surface area contributed by atoms with Crippen LogP contribution in [0.1, 0.15) is 25.3 Å². The van der Waals surface area contributed by atoms with Crippen LogP contribution < -0.4 is 5.32 Å². The predicted molar refractivity (Wildman–Crippen MR) is 81.6 cm³/mol. The van der Waals surface area contributed by atoms with E-state index in [-0.39, 0.29) is 18.6 Å². The van der Waals surface area contributed by atoms with Crippen molar-refractivity contribution >= 4 is 16.7 Å². The van der Waals surface area contributed by atoms with Crippen LogP contribution >= 0.6 is 0 Å². The van der Waals surface area contributed by atoms with Crippen molar-refractivity contribution in [2.24, 2.45) is 0 Å². The molecule has 1 amide bonds. The van der Waals surface area contributed by atoms with E-state index < -0.39 is 0 Å². The first-order valence-electron chi connectivity index (χ1n) is 7.07. The van der Waals surface area contributed by atoms with E-state index in [1.165, 1.54) is 0 Å². The molecular formula is C17H21NO2. The molecule has 1 atom stereocenters. The number of amides is 1. The molecule has 2 N–H and O–H groups in total. The third kappa shape index (κ3) is 3.81. The average Bonchev–Trinajstić information content (AvgIpc) is 2.45. The van der Waals surface area contributed by atoms with Crippen molar-refractivity contribution in [3.63, 3.8) is 0 Å².